The standard InChI is InChI=1S/C11H4BrClF7N3.C8H7N3/c12-11(19,20)9(14,15)7-3-23(4-22-7)8-6(13)1-5(2-21-8)10(16,17)18;1-2-4-9-7(3-1)8-10-5-6-11-8/h1-4H;1-6H,(H,10,11). The molecule has 0 saturated heterocycles. The third-order valence-corrected chi connectivity index (χ3v) is 4.84. The molecular formula is C19H11BrClF7N6. The van der Waals surface area contributed by atoms with Gasteiger partial charge in [0.25, 0.3) is 0 Å². The monoisotopic (exact) mass is 570 g/mol. The first-order valence-electron chi connectivity index (χ1n) is 8.93. The average Bonchev–Trinajstić information content (AvgIpc) is 3.46. The Balaban J connectivity index is 0.000000243. The van der Waals surface area contributed by atoms with Gasteiger partial charge in [-0.2, -0.15) is 30.7 Å². The van der Waals surface area contributed by atoms with Crippen LogP contribution < -0.4 is 0 Å². The summed E-state index contributed by atoms with van der Waals surface area (Å²) in [4.78, 5) is 13.1. The van der Waals surface area contributed by atoms with E-state index in [4.69, 9.17) is 11.6 Å². The van der Waals surface area contributed by atoms with E-state index in [1.807, 2.05) is 18.2 Å². The van der Waals surface area contributed by atoms with Crippen LogP contribution in [0.3, 0.4) is 0 Å². The van der Waals surface area contributed by atoms with Crippen molar-refractivity contribution in [2.24, 2.45) is 0 Å². The van der Waals surface area contributed by atoms with Crippen LogP contribution in [-0.4, -0.2) is 34.3 Å². The maximum Gasteiger partial charge on any atom is 0.417 e. The Morgan fingerprint density at radius 2 is 1.68 bits per heavy atom. The lowest BCUT2D eigenvalue weighted by molar-refractivity contribution is -0.156. The average molecular weight is 572 g/mol. The highest BCUT2D eigenvalue weighted by Crippen LogP contribution is 2.46. The van der Waals surface area contributed by atoms with Crippen molar-refractivity contribution in [2.45, 2.75) is 16.9 Å². The Labute approximate surface area is 200 Å². The second-order valence-corrected chi connectivity index (χ2v) is 7.82. The number of pyridine rings is 2. The molecule has 0 fully saturated rings. The highest BCUT2D eigenvalue weighted by Gasteiger charge is 2.57. The molecule has 0 aliphatic heterocycles. The lowest BCUT2D eigenvalue weighted by Gasteiger charge is -2.19. The molecule has 0 amide bonds. The van der Waals surface area contributed by atoms with Crippen molar-refractivity contribution < 1.29 is 30.7 Å². The second kappa shape index (κ2) is 9.70. The number of halogens is 9. The van der Waals surface area contributed by atoms with Crippen LogP contribution in [-0.2, 0) is 12.1 Å². The maximum absolute atomic E-state index is 13.4. The van der Waals surface area contributed by atoms with Crippen molar-refractivity contribution in [2.75, 3.05) is 0 Å². The number of alkyl halides is 8. The van der Waals surface area contributed by atoms with Gasteiger partial charge in [0.05, 0.1) is 10.6 Å². The molecule has 0 radical (unpaired) electrons. The summed E-state index contributed by atoms with van der Waals surface area (Å²) < 4.78 is 90.7. The van der Waals surface area contributed by atoms with E-state index in [-0.39, 0.29) is 5.82 Å². The molecule has 4 rings (SSSR count). The summed E-state index contributed by atoms with van der Waals surface area (Å²) in [6.45, 7) is 0. The fourth-order valence-corrected chi connectivity index (χ4v) is 2.90. The van der Waals surface area contributed by atoms with Crippen LogP contribution >= 0.6 is 27.5 Å². The minimum atomic E-state index is -4.69. The van der Waals surface area contributed by atoms with Crippen molar-refractivity contribution in [3.05, 3.63) is 77.9 Å². The van der Waals surface area contributed by atoms with Crippen molar-refractivity contribution in [1.82, 2.24) is 29.5 Å². The van der Waals surface area contributed by atoms with Crippen molar-refractivity contribution in [3.8, 4) is 17.3 Å². The zero-order valence-electron chi connectivity index (χ0n) is 16.4. The Kier molecular flexibility index (Phi) is 7.31. The number of hydrogen-bond acceptors (Lipinski definition) is 4. The van der Waals surface area contributed by atoms with E-state index in [0.717, 1.165) is 11.5 Å². The molecule has 0 spiro atoms. The number of aromatic nitrogens is 6. The molecule has 6 nitrogen and oxygen atoms in total. The Morgan fingerprint density at radius 1 is 0.941 bits per heavy atom. The van der Waals surface area contributed by atoms with Crippen LogP contribution in [0.5, 0.6) is 0 Å². The fraction of sp³-hybridized carbons (Fsp3) is 0.158. The molecule has 0 saturated carbocycles. The van der Waals surface area contributed by atoms with Gasteiger partial charge >= 0.3 is 16.9 Å². The zero-order valence-corrected chi connectivity index (χ0v) is 18.8. The number of H-pyrrole nitrogens is 1. The lowest BCUT2D eigenvalue weighted by atomic mass is 10.2. The second-order valence-electron chi connectivity index (χ2n) is 6.42. The van der Waals surface area contributed by atoms with E-state index in [0.29, 0.717) is 29.4 Å². The van der Waals surface area contributed by atoms with Gasteiger partial charge in [0, 0.05) is 31.0 Å². The largest absolute Gasteiger partial charge is 0.417 e. The van der Waals surface area contributed by atoms with E-state index in [1.165, 1.54) is 0 Å². The molecule has 180 valence electrons. The molecule has 4 aromatic rings. The first kappa shape index (κ1) is 25.6. The van der Waals surface area contributed by atoms with E-state index in [9.17, 15) is 30.7 Å². The summed E-state index contributed by atoms with van der Waals surface area (Å²) >= 11 is 7.18. The van der Waals surface area contributed by atoms with Crippen LogP contribution in [0.25, 0.3) is 17.3 Å². The number of nitrogens with one attached hydrogen (secondary N) is 1. The number of hydrogen-bond donors (Lipinski definition) is 1. The van der Waals surface area contributed by atoms with Crippen LogP contribution in [0, 0.1) is 0 Å². The molecule has 15 heteroatoms. The predicted octanol–water partition coefficient (Wildman–Crippen LogP) is 6.49. The van der Waals surface area contributed by atoms with Gasteiger partial charge in [-0.05, 0) is 34.1 Å². The van der Waals surface area contributed by atoms with Crippen LogP contribution in [0.4, 0.5) is 30.7 Å². The quantitative estimate of drug-likeness (QED) is 0.225. The van der Waals surface area contributed by atoms with Crippen molar-refractivity contribution >= 4 is 27.5 Å². The Hall–Kier alpha value is -3.00. The smallest absolute Gasteiger partial charge is 0.343 e. The topological polar surface area (TPSA) is 72.3 Å². The molecule has 0 bridgehead atoms. The van der Waals surface area contributed by atoms with E-state index in [1.54, 1.807) is 34.5 Å². The lowest BCUT2D eigenvalue weighted by Crippen LogP contribution is -2.32. The molecule has 0 atom stereocenters. The fourth-order valence-electron chi connectivity index (χ4n) is 2.43. The molecule has 1 N–H and O–H groups in total. The van der Waals surface area contributed by atoms with E-state index in [2.05, 4.69) is 24.9 Å². The number of imidazole rings is 2. The normalized spacial score (nSPS) is 12.3. The van der Waals surface area contributed by atoms with Gasteiger partial charge in [-0.15, -0.1) is 0 Å². The van der Waals surface area contributed by atoms with E-state index >= 15 is 0 Å². The molecule has 0 aliphatic rings. The molecule has 0 aromatic carbocycles. The summed E-state index contributed by atoms with van der Waals surface area (Å²) in [7, 11) is 0. The summed E-state index contributed by atoms with van der Waals surface area (Å²) in [6, 6.07) is 6.26. The molecule has 0 unspecified atom stereocenters. The van der Waals surface area contributed by atoms with Crippen LogP contribution in [0.15, 0.2) is 61.6 Å². The van der Waals surface area contributed by atoms with E-state index < -0.39 is 33.2 Å². The zero-order chi connectivity index (χ0) is 25.1. The molecule has 0 aliphatic carbocycles. The van der Waals surface area contributed by atoms with Gasteiger partial charge in [0.15, 0.2) is 11.6 Å². The van der Waals surface area contributed by atoms with Gasteiger partial charge in [0.1, 0.15) is 17.7 Å². The minimum Gasteiger partial charge on any atom is -0.343 e. The van der Waals surface area contributed by atoms with Crippen molar-refractivity contribution in [1.29, 1.82) is 0 Å². The summed E-state index contributed by atoms with van der Waals surface area (Å²) in [5.41, 5.74) is -1.58. The van der Waals surface area contributed by atoms with Gasteiger partial charge in [-0.25, -0.2) is 15.0 Å². The first-order valence-corrected chi connectivity index (χ1v) is 10.1. The highest BCUT2D eigenvalue weighted by molar-refractivity contribution is 9.10. The van der Waals surface area contributed by atoms with Crippen LogP contribution in [0.1, 0.15) is 11.3 Å². The molecule has 4 heterocycles. The minimum absolute atomic E-state index is 0.368. The van der Waals surface area contributed by atoms with Gasteiger partial charge in [0.2, 0.25) is 0 Å². The first-order chi connectivity index (χ1) is 15.8. The summed E-state index contributed by atoms with van der Waals surface area (Å²) in [5.74, 6) is -4.20. The molecular weight excluding hydrogens is 561 g/mol. The highest BCUT2D eigenvalue weighted by atomic mass is 79.9. The number of aromatic amines is 1. The molecule has 4 aromatic heterocycles. The van der Waals surface area contributed by atoms with Gasteiger partial charge in [-0.3, -0.25) is 9.55 Å². The number of rotatable bonds is 4. The van der Waals surface area contributed by atoms with Crippen LogP contribution in [0.2, 0.25) is 5.02 Å². The Morgan fingerprint density at radius 3 is 2.21 bits per heavy atom. The van der Waals surface area contributed by atoms with Crippen molar-refractivity contribution in [3.63, 3.8) is 0 Å². The summed E-state index contributed by atoms with van der Waals surface area (Å²) in [6.07, 6.45) is 2.16. The SMILES string of the molecule is FC(F)(F)c1cnc(-n2cnc(C(F)(F)C(F)(F)Br)c2)c(Cl)c1.c1ccc(-c2ncc[nH]2)nc1. The number of nitrogens with zero attached hydrogens (tertiary/aromatic N) is 5. The summed E-state index contributed by atoms with van der Waals surface area (Å²) in [5, 5.41) is -0.516. The van der Waals surface area contributed by atoms with Gasteiger partial charge < -0.3 is 4.98 Å². The Bertz CT molecular complexity index is 1220. The maximum atomic E-state index is 13.4. The predicted molar refractivity (Wildman–Crippen MR) is 111 cm³/mol. The molecule has 34 heavy (non-hydrogen) atoms. The van der Waals surface area contributed by atoms with Gasteiger partial charge in [-0.1, -0.05) is 17.7 Å². The third kappa shape index (κ3) is 5.73. The third-order valence-electron chi connectivity index (χ3n) is 4.06.